The van der Waals surface area contributed by atoms with Crippen LogP contribution in [0.4, 0.5) is 0 Å². The topological polar surface area (TPSA) is 36.6 Å². The van der Waals surface area contributed by atoms with Crippen LogP contribution in [0.5, 0.6) is 0 Å². The third-order valence-electron chi connectivity index (χ3n) is 4.33. The van der Waals surface area contributed by atoms with Crippen LogP contribution in [-0.4, -0.2) is 29.6 Å². The third-order valence-corrected chi connectivity index (χ3v) is 4.33. The fourth-order valence-corrected chi connectivity index (χ4v) is 3.17. The Kier molecular flexibility index (Phi) is 3.81. The molecule has 3 rings (SSSR count). The summed E-state index contributed by atoms with van der Waals surface area (Å²) in [5.41, 5.74) is 0.0622. The Balaban J connectivity index is 1.84. The third kappa shape index (κ3) is 2.60. The summed E-state index contributed by atoms with van der Waals surface area (Å²) in [6, 6.07) is 9.97. The second kappa shape index (κ2) is 5.58. The number of likely N-dealkylation sites (tertiary alicyclic amines) is 1. The first-order chi connectivity index (χ1) is 9.71. The van der Waals surface area contributed by atoms with Crippen LogP contribution < -0.4 is 0 Å². The van der Waals surface area contributed by atoms with E-state index < -0.39 is 5.60 Å². The molecule has 1 aliphatic rings. The highest BCUT2D eigenvalue weighted by molar-refractivity contribution is 5.77. The highest BCUT2D eigenvalue weighted by atomic mass is 16.4. The Morgan fingerprint density at radius 2 is 2.10 bits per heavy atom. The van der Waals surface area contributed by atoms with Gasteiger partial charge in [0, 0.05) is 11.9 Å². The van der Waals surface area contributed by atoms with Gasteiger partial charge in [0.2, 0.25) is 0 Å². The van der Waals surface area contributed by atoms with Gasteiger partial charge in [-0.25, -0.2) is 0 Å². The molecule has 2 aromatic rings. The average Bonchev–Trinajstić information content (AvgIpc) is 2.81. The first kappa shape index (κ1) is 13.7. The van der Waals surface area contributed by atoms with Gasteiger partial charge in [-0.15, -0.1) is 0 Å². The molecule has 0 amide bonds. The van der Waals surface area contributed by atoms with E-state index in [-0.39, 0.29) is 0 Å². The lowest BCUT2D eigenvalue weighted by atomic mass is 9.92. The Morgan fingerprint density at radius 3 is 2.90 bits per heavy atom. The summed E-state index contributed by atoms with van der Waals surface area (Å²) in [6.45, 7) is 5.35. The Morgan fingerprint density at radius 1 is 1.25 bits per heavy atom. The Bertz CT molecular complexity index is 544. The number of hydrogen-bond donors (Lipinski definition) is 1. The Labute approximate surface area is 120 Å². The summed E-state index contributed by atoms with van der Waals surface area (Å²) in [5, 5.41) is 12.1. The van der Waals surface area contributed by atoms with E-state index in [9.17, 15) is 5.11 Å². The van der Waals surface area contributed by atoms with E-state index >= 15 is 0 Å². The molecule has 1 aliphatic heterocycles. The normalized spacial score (nSPS) is 24.9. The zero-order chi connectivity index (χ0) is 14.0. The number of benzene rings is 1. The van der Waals surface area contributed by atoms with Crippen molar-refractivity contribution < 1.29 is 9.52 Å². The van der Waals surface area contributed by atoms with Gasteiger partial charge in [0.15, 0.2) is 0 Å². The van der Waals surface area contributed by atoms with Crippen LogP contribution in [0.3, 0.4) is 0 Å². The molecule has 0 spiro atoms. The minimum Gasteiger partial charge on any atom is -0.458 e. The number of aliphatic hydroxyl groups is 1. The molecule has 0 bridgehead atoms. The molecule has 1 unspecified atom stereocenters. The van der Waals surface area contributed by atoms with Crippen LogP contribution in [0.2, 0.25) is 0 Å². The fourth-order valence-electron chi connectivity index (χ4n) is 3.17. The monoisotopic (exact) mass is 273 g/mol. The summed E-state index contributed by atoms with van der Waals surface area (Å²) in [5.74, 6) is 0.733. The van der Waals surface area contributed by atoms with Crippen molar-refractivity contribution in [3.05, 3.63) is 36.1 Å². The van der Waals surface area contributed by atoms with Gasteiger partial charge in [-0.2, -0.15) is 0 Å². The van der Waals surface area contributed by atoms with E-state index in [2.05, 4.69) is 11.8 Å². The first-order valence-electron chi connectivity index (χ1n) is 7.65. The van der Waals surface area contributed by atoms with Crippen LogP contribution in [0.15, 0.2) is 34.7 Å². The molecule has 0 saturated carbocycles. The van der Waals surface area contributed by atoms with Gasteiger partial charge in [-0.05, 0) is 50.9 Å². The lowest BCUT2D eigenvalue weighted by Gasteiger charge is -2.24. The summed E-state index contributed by atoms with van der Waals surface area (Å²) in [4.78, 5) is 2.45. The van der Waals surface area contributed by atoms with Crippen molar-refractivity contribution in [3.63, 3.8) is 0 Å². The molecule has 3 nitrogen and oxygen atoms in total. The number of para-hydroxylation sites is 1. The smallest absolute Gasteiger partial charge is 0.136 e. The molecule has 108 valence electrons. The number of rotatable bonds is 3. The maximum Gasteiger partial charge on any atom is 0.136 e. The molecule has 0 radical (unpaired) electrons. The lowest BCUT2D eigenvalue weighted by molar-refractivity contribution is 0.00180. The van der Waals surface area contributed by atoms with E-state index in [0.717, 1.165) is 55.6 Å². The number of fused-ring (bicyclic) bond motifs is 1. The quantitative estimate of drug-likeness (QED) is 0.929. The van der Waals surface area contributed by atoms with Crippen molar-refractivity contribution in [2.45, 2.75) is 38.2 Å². The highest BCUT2D eigenvalue weighted by Crippen LogP contribution is 2.36. The molecule has 3 heteroatoms. The number of furan rings is 1. The van der Waals surface area contributed by atoms with Crippen molar-refractivity contribution in [3.8, 4) is 0 Å². The maximum absolute atomic E-state index is 11.0. The van der Waals surface area contributed by atoms with Crippen molar-refractivity contribution in [2.75, 3.05) is 19.6 Å². The lowest BCUT2D eigenvalue weighted by Crippen LogP contribution is -2.29. The van der Waals surface area contributed by atoms with Crippen LogP contribution >= 0.6 is 0 Å². The van der Waals surface area contributed by atoms with Crippen molar-refractivity contribution in [1.82, 2.24) is 4.90 Å². The van der Waals surface area contributed by atoms with Crippen LogP contribution in [0, 0.1) is 0 Å². The molecule has 1 aromatic carbocycles. The number of hydrogen-bond acceptors (Lipinski definition) is 3. The van der Waals surface area contributed by atoms with Gasteiger partial charge >= 0.3 is 0 Å². The standard InChI is InChI=1S/C17H23NO2/c1-2-10-18-11-5-8-17(19,9-12-18)16-13-14-6-3-4-7-15(14)20-16/h3-4,6-7,13,19H,2,5,8-12H2,1H3. The van der Waals surface area contributed by atoms with E-state index in [1.165, 1.54) is 6.42 Å². The van der Waals surface area contributed by atoms with Gasteiger partial charge in [0.25, 0.3) is 0 Å². The molecule has 1 N–H and O–H groups in total. The molecular weight excluding hydrogens is 250 g/mol. The second-order valence-corrected chi connectivity index (χ2v) is 5.88. The largest absolute Gasteiger partial charge is 0.458 e. The SMILES string of the molecule is CCCN1CCCC(O)(c2cc3ccccc3o2)CC1. The molecule has 1 fully saturated rings. The van der Waals surface area contributed by atoms with Gasteiger partial charge in [0.05, 0.1) is 0 Å². The van der Waals surface area contributed by atoms with Crippen molar-refractivity contribution >= 4 is 11.0 Å². The van der Waals surface area contributed by atoms with Crippen molar-refractivity contribution in [2.24, 2.45) is 0 Å². The van der Waals surface area contributed by atoms with Gasteiger partial charge in [-0.1, -0.05) is 25.1 Å². The van der Waals surface area contributed by atoms with Crippen molar-refractivity contribution in [1.29, 1.82) is 0 Å². The van der Waals surface area contributed by atoms with Crippen LogP contribution in [0.1, 0.15) is 38.4 Å². The maximum atomic E-state index is 11.0. The zero-order valence-electron chi connectivity index (χ0n) is 12.1. The molecule has 2 heterocycles. The molecule has 0 aliphatic carbocycles. The number of nitrogens with zero attached hydrogens (tertiary/aromatic N) is 1. The highest BCUT2D eigenvalue weighted by Gasteiger charge is 2.34. The summed E-state index contributed by atoms with van der Waals surface area (Å²) < 4.78 is 5.89. The minimum absolute atomic E-state index is 0.733. The zero-order valence-corrected chi connectivity index (χ0v) is 12.1. The first-order valence-corrected chi connectivity index (χ1v) is 7.65. The molecule has 1 saturated heterocycles. The van der Waals surface area contributed by atoms with E-state index in [1.54, 1.807) is 0 Å². The molecule has 20 heavy (non-hydrogen) atoms. The van der Waals surface area contributed by atoms with Gasteiger partial charge < -0.3 is 14.4 Å². The predicted octanol–water partition coefficient (Wildman–Crippen LogP) is 3.52. The molecular formula is C17H23NO2. The summed E-state index contributed by atoms with van der Waals surface area (Å²) >= 11 is 0. The predicted molar refractivity (Wildman–Crippen MR) is 80.7 cm³/mol. The second-order valence-electron chi connectivity index (χ2n) is 5.88. The Hall–Kier alpha value is -1.32. The summed E-state index contributed by atoms with van der Waals surface area (Å²) in [6.07, 6.45) is 3.73. The van der Waals surface area contributed by atoms with E-state index in [0.29, 0.717) is 0 Å². The van der Waals surface area contributed by atoms with E-state index in [1.807, 2.05) is 30.3 Å². The van der Waals surface area contributed by atoms with Crippen LogP contribution in [0.25, 0.3) is 11.0 Å². The average molecular weight is 273 g/mol. The van der Waals surface area contributed by atoms with Crippen LogP contribution in [-0.2, 0) is 5.60 Å². The summed E-state index contributed by atoms with van der Waals surface area (Å²) in [7, 11) is 0. The van der Waals surface area contributed by atoms with Gasteiger partial charge in [0.1, 0.15) is 16.9 Å². The van der Waals surface area contributed by atoms with Gasteiger partial charge in [-0.3, -0.25) is 0 Å². The molecule has 1 atom stereocenters. The fraction of sp³-hybridized carbons (Fsp3) is 0.529. The molecule has 1 aromatic heterocycles. The minimum atomic E-state index is -0.804. The van der Waals surface area contributed by atoms with E-state index in [4.69, 9.17) is 4.42 Å².